The Bertz CT molecular complexity index is 1660. The smallest absolute Gasteiger partial charge is 0.379 e. The highest BCUT2D eigenvalue weighted by Gasteiger charge is 2.30. The summed E-state index contributed by atoms with van der Waals surface area (Å²) >= 11 is 1.22. The fourth-order valence-electron chi connectivity index (χ4n) is 4.44. The second kappa shape index (κ2) is 9.37. The molecule has 0 unspecified atom stereocenters. The maximum Gasteiger partial charge on any atom is 0.416 e. The maximum atomic E-state index is 13.3. The van der Waals surface area contributed by atoms with Crippen molar-refractivity contribution >= 4 is 32.5 Å². The van der Waals surface area contributed by atoms with Crippen LogP contribution in [0.5, 0.6) is 0 Å². The van der Waals surface area contributed by atoms with Gasteiger partial charge in [-0.15, -0.1) is 11.3 Å². The Morgan fingerprint density at radius 2 is 1.73 bits per heavy atom. The van der Waals surface area contributed by atoms with Gasteiger partial charge in [0.05, 0.1) is 41.2 Å². The van der Waals surface area contributed by atoms with E-state index in [0.29, 0.717) is 26.3 Å². The molecule has 37 heavy (non-hydrogen) atoms. The standard InChI is InChI=1S/C27H21F3N4O2S/c28-27(29,30)19-4-1-17(2-5-19)24-14-23-25(37-24)26(35)34(16-31-23)21-7-8-22-18(13-21)3-6-20(32-22)15-33-9-11-36-12-10-33/h1-8,13-14,16H,9-12,15H2. The molecule has 0 radical (unpaired) electrons. The second-order valence-corrected chi connectivity index (χ2v) is 9.94. The fraction of sp³-hybridized carbons (Fsp3) is 0.222. The molecule has 0 N–H and O–H groups in total. The highest BCUT2D eigenvalue weighted by molar-refractivity contribution is 7.22. The minimum absolute atomic E-state index is 0.232. The summed E-state index contributed by atoms with van der Waals surface area (Å²) in [5.41, 5.74) is 2.66. The van der Waals surface area contributed by atoms with Gasteiger partial charge in [0.1, 0.15) is 11.0 Å². The predicted octanol–water partition coefficient (Wildman–Crippen LogP) is 5.51. The second-order valence-electron chi connectivity index (χ2n) is 8.89. The van der Waals surface area contributed by atoms with Gasteiger partial charge in [-0.1, -0.05) is 18.2 Å². The van der Waals surface area contributed by atoms with Crippen molar-refractivity contribution in [2.75, 3.05) is 26.3 Å². The van der Waals surface area contributed by atoms with E-state index in [9.17, 15) is 18.0 Å². The van der Waals surface area contributed by atoms with Gasteiger partial charge in [0.25, 0.3) is 5.56 Å². The molecule has 0 saturated carbocycles. The van der Waals surface area contributed by atoms with Gasteiger partial charge in [-0.25, -0.2) is 4.98 Å². The van der Waals surface area contributed by atoms with Gasteiger partial charge in [0, 0.05) is 29.9 Å². The van der Waals surface area contributed by atoms with Gasteiger partial charge in [0.15, 0.2) is 0 Å². The summed E-state index contributed by atoms with van der Waals surface area (Å²) in [5.74, 6) is 0. The van der Waals surface area contributed by atoms with Crippen LogP contribution in [0.3, 0.4) is 0 Å². The molecule has 0 amide bonds. The van der Waals surface area contributed by atoms with Gasteiger partial charge in [-0.2, -0.15) is 13.2 Å². The molecule has 0 bridgehead atoms. The largest absolute Gasteiger partial charge is 0.416 e. The minimum Gasteiger partial charge on any atom is -0.379 e. The zero-order valence-corrected chi connectivity index (χ0v) is 20.4. The number of hydrogen-bond acceptors (Lipinski definition) is 6. The van der Waals surface area contributed by atoms with Gasteiger partial charge in [0.2, 0.25) is 0 Å². The number of rotatable bonds is 4. The Labute approximate surface area is 213 Å². The summed E-state index contributed by atoms with van der Waals surface area (Å²) in [6, 6.07) is 16.3. The first-order chi connectivity index (χ1) is 17.8. The molecule has 1 aliphatic heterocycles. The number of hydrogen-bond donors (Lipinski definition) is 0. The molecule has 10 heteroatoms. The Morgan fingerprint density at radius 1 is 0.946 bits per heavy atom. The minimum atomic E-state index is -4.40. The number of halogens is 3. The van der Waals surface area contributed by atoms with Crippen molar-refractivity contribution in [2.24, 2.45) is 0 Å². The third-order valence-electron chi connectivity index (χ3n) is 6.43. The Balaban J connectivity index is 1.30. The average Bonchev–Trinajstić information content (AvgIpc) is 3.34. The van der Waals surface area contributed by atoms with Crippen LogP contribution in [0.2, 0.25) is 0 Å². The van der Waals surface area contributed by atoms with E-state index in [1.54, 1.807) is 6.07 Å². The number of aromatic nitrogens is 3. The third-order valence-corrected chi connectivity index (χ3v) is 7.59. The molecule has 6 rings (SSSR count). The molecule has 4 heterocycles. The highest BCUT2D eigenvalue weighted by atomic mass is 32.1. The molecule has 6 nitrogen and oxygen atoms in total. The Hall–Kier alpha value is -3.60. The molecule has 0 spiro atoms. The number of nitrogens with zero attached hydrogens (tertiary/aromatic N) is 4. The molecule has 0 aliphatic carbocycles. The number of thiophene rings is 1. The van der Waals surface area contributed by atoms with Crippen LogP contribution in [0, 0.1) is 0 Å². The lowest BCUT2D eigenvalue weighted by Gasteiger charge is -2.26. The lowest BCUT2D eigenvalue weighted by atomic mass is 10.1. The van der Waals surface area contributed by atoms with E-state index in [2.05, 4.69) is 9.88 Å². The van der Waals surface area contributed by atoms with E-state index in [4.69, 9.17) is 9.72 Å². The summed E-state index contributed by atoms with van der Waals surface area (Å²) < 4.78 is 46.0. The normalized spacial score (nSPS) is 15.0. The van der Waals surface area contributed by atoms with Gasteiger partial charge >= 0.3 is 6.18 Å². The maximum absolute atomic E-state index is 13.3. The molecule has 1 fully saturated rings. The number of pyridine rings is 1. The van der Waals surface area contributed by atoms with E-state index in [-0.39, 0.29) is 5.56 Å². The SMILES string of the molecule is O=c1c2sc(-c3ccc(C(F)(F)F)cc3)cc2ncn1-c1ccc2nc(CN3CCOCC3)ccc2c1. The highest BCUT2D eigenvalue weighted by Crippen LogP contribution is 2.34. The van der Waals surface area contributed by atoms with Gasteiger partial charge < -0.3 is 4.74 Å². The van der Waals surface area contributed by atoms with Crippen LogP contribution in [0.4, 0.5) is 13.2 Å². The molecule has 1 saturated heterocycles. The molecule has 3 aromatic heterocycles. The number of benzene rings is 2. The quantitative estimate of drug-likeness (QED) is 0.311. The van der Waals surface area contributed by atoms with Crippen LogP contribution in [-0.4, -0.2) is 45.7 Å². The molecule has 0 atom stereocenters. The first-order valence-corrected chi connectivity index (χ1v) is 12.6. The molecular formula is C27H21F3N4O2S. The third kappa shape index (κ3) is 4.75. The summed E-state index contributed by atoms with van der Waals surface area (Å²) in [6.45, 7) is 4.02. The van der Waals surface area contributed by atoms with Gasteiger partial charge in [-0.05, 0) is 48.0 Å². The van der Waals surface area contributed by atoms with Crippen LogP contribution in [0.25, 0.3) is 37.2 Å². The van der Waals surface area contributed by atoms with E-state index in [0.717, 1.165) is 61.6 Å². The fourth-order valence-corrected chi connectivity index (χ4v) is 5.49. The van der Waals surface area contributed by atoms with E-state index in [1.165, 1.54) is 34.4 Å². The van der Waals surface area contributed by atoms with E-state index < -0.39 is 11.7 Å². The van der Waals surface area contributed by atoms with Crippen molar-refractivity contribution in [2.45, 2.75) is 12.7 Å². The number of ether oxygens (including phenoxy) is 1. The Kier molecular flexibility index (Phi) is 6.02. The van der Waals surface area contributed by atoms with Crippen molar-refractivity contribution in [1.29, 1.82) is 0 Å². The first kappa shape index (κ1) is 23.8. The first-order valence-electron chi connectivity index (χ1n) is 11.7. The predicted molar refractivity (Wildman–Crippen MR) is 137 cm³/mol. The monoisotopic (exact) mass is 522 g/mol. The summed E-state index contributed by atoms with van der Waals surface area (Å²) in [6.07, 6.45) is -2.91. The summed E-state index contributed by atoms with van der Waals surface area (Å²) in [7, 11) is 0. The molecule has 5 aromatic rings. The lowest BCUT2D eigenvalue weighted by molar-refractivity contribution is -0.137. The van der Waals surface area contributed by atoms with Crippen LogP contribution >= 0.6 is 11.3 Å². The summed E-state index contributed by atoms with van der Waals surface area (Å²) in [4.78, 5) is 25.5. The van der Waals surface area contributed by atoms with Crippen LogP contribution in [-0.2, 0) is 17.5 Å². The van der Waals surface area contributed by atoms with E-state index in [1.807, 2.05) is 30.3 Å². The number of alkyl halides is 3. The zero-order valence-electron chi connectivity index (χ0n) is 19.5. The van der Waals surface area contributed by atoms with E-state index >= 15 is 0 Å². The molecule has 2 aromatic carbocycles. The molecule has 1 aliphatic rings. The van der Waals surface area contributed by atoms with Crippen molar-refractivity contribution in [3.63, 3.8) is 0 Å². The van der Waals surface area contributed by atoms with Crippen LogP contribution < -0.4 is 5.56 Å². The lowest BCUT2D eigenvalue weighted by Crippen LogP contribution is -2.35. The van der Waals surface area contributed by atoms with Crippen molar-refractivity contribution in [1.82, 2.24) is 19.4 Å². The molecule has 188 valence electrons. The van der Waals surface area contributed by atoms with Gasteiger partial charge in [-0.3, -0.25) is 19.2 Å². The number of fused-ring (bicyclic) bond motifs is 2. The average molecular weight is 523 g/mol. The van der Waals surface area contributed by atoms with Crippen molar-refractivity contribution in [3.8, 4) is 16.1 Å². The number of morpholine rings is 1. The Morgan fingerprint density at radius 3 is 2.49 bits per heavy atom. The topological polar surface area (TPSA) is 60.2 Å². The molecular weight excluding hydrogens is 501 g/mol. The van der Waals surface area contributed by atoms with Crippen molar-refractivity contribution in [3.05, 3.63) is 88.6 Å². The van der Waals surface area contributed by atoms with Crippen molar-refractivity contribution < 1.29 is 17.9 Å². The summed E-state index contributed by atoms with van der Waals surface area (Å²) in [5, 5.41) is 0.909. The van der Waals surface area contributed by atoms with Crippen LogP contribution in [0.15, 0.2) is 71.8 Å². The zero-order chi connectivity index (χ0) is 25.6. The van der Waals surface area contributed by atoms with Crippen LogP contribution in [0.1, 0.15) is 11.3 Å².